The highest BCUT2D eigenvalue weighted by atomic mass is 32.1. The fourth-order valence-corrected chi connectivity index (χ4v) is 4.47. The third-order valence-electron chi connectivity index (χ3n) is 4.97. The molecule has 4 nitrogen and oxygen atoms in total. The van der Waals surface area contributed by atoms with E-state index in [9.17, 15) is 4.79 Å². The molecule has 0 radical (unpaired) electrons. The second-order valence-corrected chi connectivity index (χ2v) is 7.65. The van der Waals surface area contributed by atoms with Crippen molar-refractivity contribution in [1.29, 1.82) is 0 Å². The van der Waals surface area contributed by atoms with E-state index in [2.05, 4.69) is 34.3 Å². The molecule has 0 spiro atoms. The van der Waals surface area contributed by atoms with Gasteiger partial charge in [0, 0.05) is 18.2 Å². The molecule has 0 saturated carbocycles. The van der Waals surface area contributed by atoms with Gasteiger partial charge in [0.25, 0.3) is 5.91 Å². The van der Waals surface area contributed by atoms with Gasteiger partial charge in [0.2, 0.25) is 0 Å². The van der Waals surface area contributed by atoms with E-state index in [1.165, 1.54) is 42.8 Å². The summed E-state index contributed by atoms with van der Waals surface area (Å²) in [5, 5.41) is 4.14. The zero-order valence-corrected chi connectivity index (χ0v) is 14.1. The van der Waals surface area contributed by atoms with E-state index in [1.54, 1.807) is 6.20 Å². The first-order valence-corrected chi connectivity index (χ1v) is 9.07. The van der Waals surface area contributed by atoms with Gasteiger partial charge in [0.05, 0.1) is 6.20 Å². The Balaban J connectivity index is 1.47. The number of aryl methyl sites for hydroxylation is 1. The third kappa shape index (κ3) is 3.03. The lowest BCUT2D eigenvalue weighted by molar-refractivity contribution is 0.0622. The summed E-state index contributed by atoms with van der Waals surface area (Å²) in [5.74, 6) is 0.674. The molecule has 1 aromatic heterocycles. The van der Waals surface area contributed by atoms with Crippen LogP contribution in [0, 0.1) is 12.8 Å². The van der Waals surface area contributed by atoms with Gasteiger partial charge >= 0.3 is 0 Å². The number of carbonyl (C=O) groups is 1. The molecule has 1 aromatic carbocycles. The minimum Gasteiger partial charge on any atom is -0.347 e. The maximum atomic E-state index is 12.5. The number of thiazole rings is 1. The topological polar surface area (TPSA) is 45.2 Å². The van der Waals surface area contributed by atoms with Gasteiger partial charge < -0.3 is 10.2 Å². The highest BCUT2D eigenvalue weighted by Crippen LogP contribution is 2.29. The molecule has 2 bridgehead atoms. The summed E-state index contributed by atoms with van der Waals surface area (Å²) >= 11 is 1.47. The van der Waals surface area contributed by atoms with Crippen LogP contribution < -0.4 is 5.32 Å². The quantitative estimate of drug-likeness (QED) is 0.943. The molecular weight excluding hydrogens is 306 g/mol. The summed E-state index contributed by atoms with van der Waals surface area (Å²) in [4.78, 5) is 20.1. The molecule has 3 fully saturated rings. The Morgan fingerprint density at radius 2 is 2.17 bits per heavy atom. The molecule has 1 unspecified atom stereocenters. The van der Waals surface area contributed by atoms with Crippen molar-refractivity contribution in [2.24, 2.45) is 5.92 Å². The maximum Gasteiger partial charge on any atom is 0.263 e. The molecule has 120 valence electrons. The summed E-state index contributed by atoms with van der Waals surface area (Å²) in [6.07, 6.45) is 4.13. The fourth-order valence-electron chi connectivity index (χ4n) is 3.66. The van der Waals surface area contributed by atoms with Gasteiger partial charge in [-0.05, 0) is 44.8 Å². The number of aromatic nitrogens is 1. The van der Waals surface area contributed by atoms with Gasteiger partial charge in [-0.25, -0.2) is 4.98 Å². The van der Waals surface area contributed by atoms with Crippen LogP contribution in [0.5, 0.6) is 0 Å². The molecule has 1 amide bonds. The number of amides is 1. The number of nitrogens with zero attached hydrogens (tertiary/aromatic N) is 2. The van der Waals surface area contributed by atoms with Crippen molar-refractivity contribution in [1.82, 2.24) is 15.2 Å². The van der Waals surface area contributed by atoms with Crippen LogP contribution in [-0.2, 0) is 0 Å². The molecule has 3 saturated heterocycles. The number of rotatable bonds is 3. The first kappa shape index (κ1) is 14.8. The molecular formula is C18H21N3OS. The molecule has 3 aliphatic heterocycles. The SMILES string of the molecule is Cc1cccc(-c2ncc(C(=O)NC3CN4CCC3CC4)s2)c1. The van der Waals surface area contributed by atoms with E-state index in [0.717, 1.165) is 17.1 Å². The van der Waals surface area contributed by atoms with Crippen molar-refractivity contribution in [3.05, 3.63) is 40.9 Å². The first-order chi connectivity index (χ1) is 11.2. The Labute approximate surface area is 140 Å². The molecule has 4 heterocycles. The fraction of sp³-hybridized carbons (Fsp3) is 0.444. The molecule has 3 aliphatic rings. The van der Waals surface area contributed by atoms with E-state index in [1.807, 2.05) is 12.1 Å². The standard InChI is InChI=1S/C18H21N3OS/c1-12-3-2-4-14(9-12)18-19-10-16(23-18)17(22)20-15-11-21-7-5-13(15)6-8-21/h2-4,9-10,13,15H,5-8,11H2,1H3,(H,20,22). The zero-order chi connectivity index (χ0) is 15.8. The number of piperidine rings is 3. The Morgan fingerprint density at radius 1 is 1.35 bits per heavy atom. The van der Waals surface area contributed by atoms with Gasteiger partial charge in [0.15, 0.2) is 0 Å². The number of benzene rings is 1. The zero-order valence-electron chi connectivity index (χ0n) is 13.3. The van der Waals surface area contributed by atoms with E-state index in [-0.39, 0.29) is 5.91 Å². The minimum atomic E-state index is 0.0279. The van der Waals surface area contributed by atoms with Gasteiger partial charge in [-0.2, -0.15) is 0 Å². The monoisotopic (exact) mass is 327 g/mol. The lowest BCUT2D eigenvalue weighted by Gasteiger charge is -2.44. The molecule has 0 aliphatic carbocycles. The van der Waals surface area contributed by atoms with E-state index < -0.39 is 0 Å². The van der Waals surface area contributed by atoms with Crippen molar-refractivity contribution < 1.29 is 4.79 Å². The van der Waals surface area contributed by atoms with Crippen LogP contribution in [-0.4, -0.2) is 41.5 Å². The Hall–Kier alpha value is -1.72. The molecule has 2 aromatic rings. The van der Waals surface area contributed by atoms with Crippen LogP contribution in [0.15, 0.2) is 30.5 Å². The van der Waals surface area contributed by atoms with E-state index >= 15 is 0 Å². The van der Waals surface area contributed by atoms with E-state index in [4.69, 9.17) is 0 Å². The third-order valence-corrected chi connectivity index (χ3v) is 6.01. The highest BCUT2D eigenvalue weighted by molar-refractivity contribution is 7.16. The molecule has 1 atom stereocenters. The van der Waals surface area contributed by atoms with Crippen molar-refractivity contribution in [3.63, 3.8) is 0 Å². The van der Waals surface area contributed by atoms with Crippen molar-refractivity contribution in [2.75, 3.05) is 19.6 Å². The average Bonchev–Trinajstić information content (AvgIpc) is 3.06. The number of hydrogen-bond acceptors (Lipinski definition) is 4. The number of nitrogens with one attached hydrogen (secondary N) is 1. The second-order valence-electron chi connectivity index (χ2n) is 6.62. The van der Waals surface area contributed by atoms with Gasteiger partial charge in [-0.15, -0.1) is 11.3 Å². The highest BCUT2D eigenvalue weighted by Gasteiger charge is 2.35. The molecule has 1 N–H and O–H groups in total. The predicted molar refractivity (Wildman–Crippen MR) is 92.7 cm³/mol. The van der Waals surface area contributed by atoms with Gasteiger partial charge in [-0.1, -0.05) is 23.8 Å². The number of hydrogen-bond donors (Lipinski definition) is 1. The van der Waals surface area contributed by atoms with Crippen LogP contribution in [0.1, 0.15) is 28.1 Å². The minimum absolute atomic E-state index is 0.0279. The molecule has 5 heteroatoms. The summed E-state index contributed by atoms with van der Waals surface area (Å²) in [6.45, 7) is 5.45. The molecule has 5 rings (SSSR count). The largest absolute Gasteiger partial charge is 0.347 e. The van der Waals surface area contributed by atoms with E-state index in [0.29, 0.717) is 16.8 Å². The van der Waals surface area contributed by atoms with Gasteiger partial charge in [0.1, 0.15) is 9.88 Å². The number of fused-ring (bicyclic) bond motifs is 3. The number of carbonyl (C=O) groups excluding carboxylic acids is 1. The average molecular weight is 327 g/mol. The Bertz CT molecular complexity index is 719. The first-order valence-electron chi connectivity index (χ1n) is 8.25. The lowest BCUT2D eigenvalue weighted by atomic mass is 9.84. The van der Waals surface area contributed by atoms with Crippen LogP contribution in [0.2, 0.25) is 0 Å². The van der Waals surface area contributed by atoms with Gasteiger partial charge in [-0.3, -0.25) is 4.79 Å². The smallest absolute Gasteiger partial charge is 0.263 e. The Kier molecular flexibility index (Phi) is 3.91. The summed E-state index contributed by atoms with van der Waals surface area (Å²) in [7, 11) is 0. The normalized spacial score (nSPS) is 26.2. The summed E-state index contributed by atoms with van der Waals surface area (Å²) in [5.41, 5.74) is 2.29. The van der Waals surface area contributed by atoms with Crippen LogP contribution >= 0.6 is 11.3 Å². The van der Waals surface area contributed by atoms with Crippen LogP contribution in [0.3, 0.4) is 0 Å². The summed E-state index contributed by atoms with van der Waals surface area (Å²) < 4.78 is 0. The predicted octanol–water partition coefficient (Wildman–Crippen LogP) is 2.94. The second kappa shape index (κ2) is 6.06. The van der Waals surface area contributed by atoms with Crippen molar-refractivity contribution in [3.8, 4) is 10.6 Å². The Morgan fingerprint density at radius 3 is 2.87 bits per heavy atom. The van der Waals surface area contributed by atoms with Crippen LogP contribution in [0.4, 0.5) is 0 Å². The lowest BCUT2D eigenvalue weighted by Crippen LogP contribution is -2.57. The van der Waals surface area contributed by atoms with Crippen molar-refractivity contribution >= 4 is 17.2 Å². The van der Waals surface area contributed by atoms with Crippen molar-refractivity contribution in [2.45, 2.75) is 25.8 Å². The maximum absolute atomic E-state index is 12.5. The van der Waals surface area contributed by atoms with Crippen LogP contribution in [0.25, 0.3) is 10.6 Å². The summed E-state index contributed by atoms with van der Waals surface area (Å²) in [6, 6.07) is 8.54. The molecule has 23 heavy (non-hydrogen) atoms.